The summed E-state index contributed by atoms with van der Waals surface area (Å²) in [5.74, 6) is 0.767. The number of hydrogen-bond donors (Lipinski definition) is 1. The van der Waals surface area contributed by atoms with Crippen molar-refractivity contribution < 1.29 is 4.74 Å². The summed E-state index contributed by atoms with van der Waals surface area (Å²) in [5, 5.41) is 14.0. The minimum atomic E-state index is -0.0178. The topological polar surface area (TPSA) is 81.9 Å². The Hall–Kier alpha value is -3.62. The minimum absolute atomic E-state index is 0.0178. The fraction of sp³-hybridized carbons (Fsp3) is 0.231. The van der Waals surface area contributed by atoms with Crippen LogP contribution in [0.5, 0.6) is 5.75 Å². The summed E-state index contributed by atoms with van der Waals surface area (Å²) in [4.78, 5) is 20.1. The van der Waals surface area contributed by atoms with Crippen LogP contribution in [0.1, 0.15) is 21.6 Å². The molecule has 0 aliphatic carbocycles. The van der Waals surface area contributed by atoms with Crippen LogP contribution in [0.4, 0.5) is 0 Å². The number of benzene rings is 2. The lowest BCUT2D eigenvalue weighted by Crippen LogP contribution is -2.21. The van der Waals surface area contributed by atoms with Gasteiger partial charge in [0.05, 0.1) is 31.6 Å². The van der Waals surface area contributed by atoms with Crippen LogP contribution in [0.15, 0.2) is 66.0 Å². The standard InChI is InChI=1S/C26H25N5O2S/c1-17-23(10-11-27-13-18-9-12-29-30-14-18)34-25-24(17)26(32)31(16-28-25)15-21-20-6-4-3-5-19(20)7-8-22(21)33-2/h3-9,12,14,16,27H,10-11,13,15H2,1-2H3. The SMILES string of the molecule is COc1ccc2ccccc2c1Cn1cnc2sc(CCNCc3ccnnc3)c(C)c2c1=O. The third-order valence-electron chi connectivity index (χ3n) is 6.07. The lowest BCUT2D eigenvalue weighted by atomic mass is 10.0. The van der Waals surface area contributed by atoms with Gasteiger partial charge in [0.15, 0.2) is 0 Å². The van der Waals surface area contributed by atoms with Gasteiger partial charge in [-0.3, -0.25) is 9.36 Å². The molecule has 5 aromatic rings. The maximum Gasteiger partial charge on any atom is 0.262 e. The average molecular weight is 472 g/mol. The predicted molar refractivity (Wildman–Crippen MR) is 136 cm³/mol. The molecule has 0 saturated carbocycles. The Morgan fingerprint density at radius 1 is 1.12 bits per heavy atom. The van der Waals surface area contributed by atoms with Gasteiger partial charge in [-0.25, -0.2) is 4.98 Å². The summed E-state index contributed by atoms with van der Waals surface area (Å²) in [7, 11) is 1.66. The van der Waals surface area contributed by atoms with Crippen LogP contribution in [0, 0.1) is 6.92 Å². The lowest BCUT2D eigenvalue weighted by molar-refractivity contribution is 0.409. The van der Waals surface area contributed by atoms with Gasteiger partial charge in [0.25, 0.3) is 5.56 Å². The van der Waals surface area contributed by atoms with Gasteiger partial charge < -0.3 is 10.1 Å². The number of hydrogen-bond acceptors (Lipinski definition) is 7. The van der Waals surface area contributed by atoms with Gasteiger partial charge in [-0.1, -0.05) is 30.3 Å². The zero-order chi connectivity index (χ0) is 23.5. The Bertz CT molecular complexity index is 1510. The number of aryl methyl sites for hydroxylation is 1. The summed E-state index contributed by atoms with van der Waals surface area (Å²) in [5.41, 5.74) is 3.07. The van der Waals surface area contributed by atoms with Crippen LogP contribution in [0.25, 0.3) is 21.0 Å². The second-order valence-corrected chi connectivity index (χ2v) is 9.24. The Labute approximate surface area is 201 Å². The zero-order valence-corrected chi connectivity index (χ0v) is 19.9. The highest BCUT2D eigenvalue weighted by Gasteiger charge is 2.16. The third-order valence-corrected chi connectivity index (χ3v) is 7.33. The molecule has 172 valence electrons. The molecule has 3 aromatic heterocycles. The van der Waals surface area contributed by atoms with Crippen molar-refractivity contribution in [3.05, 3.63) is 93.1 Å². The third kappa shape index (κ3) is 4.30. The molecular formula is C26H25N5O2S. The molecule has 3 heterocycles. The van der Waals surface area contributed by atoms with Crippen molar-refractivity contribution in [1.82, 2.24) is 25.1 Å². The van der Waals surface area contributed by atoms with Crippen molar-refractivity contribution in [2.24, 2.45) is 0 Å². The lowest BCUT2D eigenvalue weighted by Gasteiger charge is -2.13. The molecule has 0 aliphatic heterocycles. The Morgan fingerprint density at radius 2 is 2.00 bits per heavy atom. The van der Waals surface area contributed by atoms with E-state index in [4.69, 9.17) is 4.74 Å². The van der Waals surface area contributed by atoms with Gasteiger partial charge >= 0.3 is 0 Å². The molecule has 8 heteroatoms. The van der Waals surface area contributed by atoms with E-state index in [1.165, 1.54) is 4.88 Å². The summed E-state index contributed by atoms with van der Waals surface area (Å²) in [6.07, 6.45) is 5.94. The number of methoxy groups -OCH3 is 1. The summed E-state index contributed by atoms with van der Waals surface area (Å²) >= 11 is 1.60. The largest absolute Gasteiger partial charge is 0.496 e. The molecular weight excluding hydrogens is 446 g/mol. The molecule has 0 aliphatic rings. The van der Waals surface area contributed by atoms with Gasteiger partial charge in [0, 0.05) is 29.7 Å². The summed E-state index contributed by atoms with van der Waals surface area (Å²) < 4.78 is 7.30. The average Bonchev–Trinajstić information content (AvgIpc) is 3.20. The van der Waals surface area contributed by atoms with Crippen molar-refractivity contribution in [1.29, 1.82) is 0 Å². The Kier molecular flexibility index (Phi) is 6.33. The van der Waals surface area contributed by atoms with E-state index in [1.54, 1.807) is 41.7 Å². The maximum atomic E-state index is 13.5. The van der Waals surface area contributed by atoms with Crippen LogP contribution in [-0.4, -0.2) is 33.4 Å². The van der Waals surface area contributed by atoms with Crippen molar-refractivity contribution in [3.8, 4) is 5.75 Å². The molecule has 5 rings (SSSR count). The van der Waals surface area contributed by atoms with Gasteiger partial charge in [-0.05, 0) is 47.4 Å². The predicted octanol–water partition coefficient (Wildman–Crippen LogP) is 4.10. The van der Waals surface area contributed by atoms with Crippen molar-refractivity contribution in [2.45, 2.75) is 26.4 Å². The number of ether oxygens (including phenoxy) is 1. The fourth-order valence-electron chi connectivity index (χ4n) is 4.25. The number of nitrogens with zero attached hydrogens (tertiary/aromatic N) is 4. The molecule has 0 atom stereocenters. The van der Waals surface area contributed by atoms with Crippen molar-refractivity contribution in [2.75, 3.05) is 13.7 Å². The second kappa shape index (κ2) is 9.70. The molecule has 0 radical (unpaired) electrons. The number of nitrogens with one attached hydrogen (secondary N) is 1. The van der Waals surface area contributed by atoms with Crippen LogP contribution in [-0.2, 0) is 19.5 Å². The summed E-state index contributed by atoms with van der Waals surface area (Å²) in [6.45, 7) is 3.96. The molecule has 0 saturated heterocycles. The highest BCUT2D eigenvalue weighted by molar-refractivity contribution is 7.18. The van der Waals surface area contributed by atoms with E-state index in [9.17, 15) is 4.79 Å². The number of rotatable bonds is 8. The quantitative estimate of drug-likeness (QED) is 0.343. The summed E-state index contributed by atoms with van der Waals surface area (Å²) in [6, 6.07) is 14.1. The van der Waals surface area contributed by atoms with E-state index < -0.39 is 0 Å². The molecule has 0 spiro atoms. The monoisotopic (exact) mass is 471 g/mol. The van der Waals surface area contributed by atoms with Crippen LogP contribution in [0.2, 0.25) is 0 Å². The molecule has 7 nitrogen and oxygen atoms in total. The van der Waals surface area contributed by atoms with Gasteiger partial charge in [0.2, 0.25) is 0 Å². The molecule has 0 unspecified atom stereocenters. The highest BCUT2D eigenvalue weighted by Crippen LogP contribution is 2.30. The van der Waals surface area contributed by atoms with Gasteiger partial charge in [0.1, 0.15) is 10.6 Å². The molecule has 1 N–H and O–H groups in total. The smallest absolute Gasteiger partial charge is 0.262 e. The Balaban J connectivity index is 1.40. The molecule has 0 bridgehead atoms. The van der Waals surface area contributed by atoms with Gasteiger partial charge in [-0.2, -0.15) is 10.2 Å². The van der Waals surface area contributed by atoms with Crippen LogP contribution >= 0.6 is 11.3 Å². The Morgan fingerprint density at radius 3 is 2.82 bits per heavy atom. The first-order valence-corrected chi connectivity index (χ1v) is 12.0. The van der Waals surface area contributed by atoms with Crippen LogP contribution in [0.3, 0.4) is 0 Å². The van der Waals surface area contributed by atoms with Crippen molar-refractivity contribution in [3.63, 3.8) is 0 Å². The second-order valence-electron chi connectivity index (χ2n) is 8.15. The molecule has 34 heavy (non-hydrogen) atoms. The highest BCUT2D eigenvalue weighted by atomic mass is 32.1. The van der Waals surface area contributed by atoms with Crippen molar-refractivity contribution >= 4 is 32.3 Å². The molecule has 0 fully saturated rings. The van der Waals surface area contributed by atoms with E-state index >= 15 is 0 Å². The minimum Gasteiger partial charge on any atom is -0.496 e. The first-order valence-electron chi connectivity index (χ1n) is 11.1. The van der Waals surface area contributed by atoms with E-state index in [0.29, 0.717) is 11.9 Å². The first-order chi connectivity index (χ1) is 16.7. The van der Waals surface area contributed by atoms with E-state index in [2.05, 4.69) is 32.6 Å². The first kappa shape index (κ1) is 22.2. The van der Waals surface area contributed by atoms with Crippen LogP contribution < -0.4 is 15.6 Å². The normalized spacial score (nSPS) is 11.4. The zero-order valence-electron chi connectivity index (χ0n) is 19.1. The number of thiophene rings is 1. The number of fused-ring (bicyclic) bond motifs is 2. The molecule has 2 aromatic carbocycles. The number of aromatic nitrogens is 4. The van der Waals surface area contributed by atoms with Gasteiger partial charge in [-0.15, -0.1) is 11.3 Å². The van der Waals surface area contributed by atoms with E-state index in [0.717, 1.165) is 57.6 Å². The fourth-order valence-corrected chi connectivity index (χ4v) is 5.39. The molecule has 0 amide bonds. The van der Waals surface area contributed by atoms with E-state index in [1.807, 2.05) is 37.3 Å². The maximum absolute atomic E-state index is 13.5. The van der Waals surface area contributed by atoms with E-state index in [-0.39, 0.29) is 5.56 Å².